The molecule has 1 saturated carbocycles. The Morgan fingerprint density at radius 3 is 2.58 bits per heavy atom. The summed E-state index contributed by atoms with van der Waals surface area (Å²) in [5.41, 5.74) is 2.43. The molecule has 4 nitrogen and oxygen atoms in total. The molecular formula is C21H19ClN2O2. The van der Waals surface area contributed by atoms with Crippen molar-refractivity contribution in [2.45, 2.75) is 44.4 Å². The Hall–Kier alpha value is -2.51. The van der Waals surface area contributed by atoms with Crippen LogP contribution in [0.4, 0.5) is 0 Å². The fraction of sp³-hybridized carbons (Fsp3) is 0.333. The Morgan fingerprint density at radius 1 is 1.12 bits per heavy atom. The zero-order chi connectivity index (χ0) is 18.1. The average Bonchev–Trinajstić information content (AvgIpc) is 3.00. The first-order chi connectivity index (χ1) is 12.7. The van der Waals surface area contributed by atoms with Crippen molar-refractivity contribution in [2.24, 2.45) is 0 Å². The predicted molar refractivity (Wildman–Crippen MR) is 99.2 cm³/mol. The standard InChI is InChI=1S/C21H19ClN2O2/c22-20-11-18(8-5-14(20)12-23)26-17-9-6-16(7-10-17)24-13-15-3-1-2-4-19(15)21(24)25/h1-5,8,11,16-17H,6-7,9-10,13H2. The number of ether oxygens (including phenoxy) is 1. The van der Waals surface area contributed by atoms with Gasteiger partial charge in [0.25, 0.3) is 5.91 Å². The van der Waals surface area contributed by atoms with Gasteiger partial charge in [-0.2, -0.15) is 5.26 Å². The number of halogens is 1. The Bertz CT molecular complexity index is 882. The van der Waals surface area contributed by atoms with Gasteiger partial charge in [0.05, 0.1) is 16.7 Å². The van der Waals surface area contributed by atoms with Crippen molar-refractivity contribution < 1.29 is 9.53 Å². The van der Waals surface area contributed by atoms with Crippen LogP contribution in [0.1, 0.15) is 47.2 Å². The van der Waals surface area contributed by atoms with E-state index in [1.165, 1.54) is 0 Å². The molecular weight excluding hydrogens is 348 g/mol. The van der Waals surface area contributed by atoms with Gasteiger partial charge in [0.2, 0.25) is 0 Å². The Labute approximate surface area is 157 Å². The minimum absolute atomic E-state index is 0.121. The van der Waals surface area contributed by atoms with E-state index in [9.17, 15) is 4.79 Å². The number of carbonyl (C=O) groups is 1. The van der Waals surface area contributed by atoms with E-state index in [-0.39, 0.29) is 18.1 Å². The van der Waals surface area contributed by atoms with Gasteiger partial charge in [-0.3, -0.25) is 4.79 Å². The van der Waals surface area contributed by atoms with Gasteiger partial charge in [0, 0.05) is 24.2 Å². The second kappa shape index (κ2) is 7.01. The summed E-state index contributed by atoms with van der Waals surface area (Å²) in [4.78, 5) is 14.6. The van der Waals surface area contributed by atoms with Crippen LogP contribution in [0.3, 0.4) is 0 Å². The van der Waals surface area contributed by atoms with Crippen LogP contribution < -0.4 is 4.74 Å². The van der Waals surface area contributed by atoms with E-state index in [1.54, 1.807) is 18.2 Å². The summed E-state index contributed by atoms with van der Waals surface area (Å²) in [7, 11) is 0. The Balaban J connectivity index is 1.36. The van der Waals surface area contributed by atoms with Crippen molar-refractivity contribution in [3.63, 3.8) is 0 Å². The van der Waals surface area contributed by atoms with Gasteiger partial charge in [-0.15, -0.1) is 0 Å². The normalized spacial score (nSPS) is 22.0. The number of benzene rings is 2. The molecule has 0 spiro atoms. The number of nitriles is 1. The number of rotatable bonds is 3. The van der Waals surface area contributed by atoms with Gasteiger partial charge in [0.1, 0.15) is 11.8 Å². The molecule has 2 aliphatic rings. The lowest BCUT2D eigenvalue weighted by molar-refractivity contribution is 0.0561. The number of fused-ring (bicyclic) bond motifs is 1. The summed E-state index contributed by atoms with van der Waals surface area (Å²) in [6, 6.07) is 15.4. The van der Waals surface area contributed by atoms with Gasteiger partial charge < -0.3 is 9.64 Å². The fourth-order valence-electron chi connectivity index (χ4n) is 3.90. The maximum Gasteiger partial charge on any atom is 0.254 e. The average molecular weight is 367 g/mol. The molecule has 2 aromatic rings. The Morgan fingerprint density at radius 2 is 1.88 bits per heavy atom. The van der Waals surface area contributed by atoms with Gasteiger partial charge in [-0.1, -0.05) is 29.8 Å². The molecule has 1 amide bonds. The molecule has 4 rings (SSSR count). The molecule has 1 fully saturated rings. The zero-order valence-corrected chi connectivity index (χ0v) is 15.1. The number of hydrogen-bond acceptors (Lipinski definition) is 3. The topological polar surface area (TPSA) is 53.3 Å². The molecule has 1 aliphatic carbocycles. The maximum atomic E-state index is 12.6. The molecule has 0 unspecified atom stereocenters. The third kappa shape index (κ3) is 3.15. The molecule has 0 saturated heterocycles. The van der Waals surface area contributed by atoms with E-state index in [4.69, 9.17) is 21.6 Å². The summed E-state index contributed by atoms with van der Waals surface area (Å²) in [5.74, 6) is 0.853. The van der Waals surface area contributed by atoms with E-state index >= 15 is 0 Å². The van der Waals surface area contributed by atoms with Crippen LogP contribution in [0.25, 0.3) is 0 Å². The molecule has 0 aromatic heterocycles. The highest BCUT2D eigenvalue weighted by atomic mass is 35.5. The molecule has 5 heteroatoms. The zero-order valence-electron chi connectivity index (χ0n) is 14.3. The lowest BCUT2D eigenvalue weighted by Gasteiger charge is -2.34. The molecule has 0 N–H and O–H groups in total. The third-order valence-electron chi connectivity index (χ3n) is 5.30. The smallest absolute Gasteiger partial charge is 0.254 e. The summed E-state index contributed by atoms with van der Waals surface area (Å²) in [5, 5.41) is 9.36. The fourth-order valence-corrected chi connectivity index (χ4v) is 4.11. The van der Waals surface area contributed by atoms with Crippen molar-refractivity contribution in [1.29, 1.82) is 5.26 Å². The molecule has 0 bridgehead atoms. The number of carbonyl (C=O) groups excluding carboxylic acids is 1. The summed E-state index contributed by atoms with van der Waals surface area (Å²) >= 11 is 6.07. The van der Waals surface area contributed by atoms with Crippen LogP contribution in [0, 0.1) is 11.3 Å². The molecule has 0 atom stereocenters. The highest BCUT2D eigenvalue weighted by molar-refractivity contribution is 6.31. The number of amides is 1. The lowest BCUT2D eigenvalue weighted by atomic mass is 9.92. The first kappa shape index (κ1) is 16.9. The van der Waals surface area contributed by atoms with Crippen molar-refractivity contribution in [3.8, 4) is 11.8 Å². The van der Waals surface area contributed by atoms with Gasteiger partial charge in [-0.25, -0.2) is 0 Å². The molecule has 26 heavy (non-hydrogen) atoms. The number of nitrogens with zero attached hydrogens (tertiary/aromatic N) is 2. The third-order valence-corrected chi connectivity index (χ3v) is 5.61. The van der Waals surface area contributed by atoms with Crippen molar-refractivity contribution in [2.75, 3.05) is 0 Å². The van der Waals surface area contributed by atoms with E-state index in [0.29, 0.717) is 16.3 Å². The van der Waals surface area contributed by atoms with Crippen LogP contribution in [0.5, 0.6) is 5.75 Å². The highest BCUT2D eigenvalue weighted by Gasteiger charge is 2.35. The van der Waals surface area contributed by atoms with Gasteiger partial charge in [-0.05, 0) is 49.4 Å². The van der Waals surface area contributed by atoms with Gasteiger partial charge in [0.15, 0.2) is 0 Å². The second-order valence-corrected chi connectivity index (χ2v) is 7.30. The first-order valence-corrected chi connectivity index (χ1v) is 9.28. The summed E-state index contributed by atoms with van der Waals surface area (Å²) in [6.45, 7) is 0.719. The minimum atomic E-state index is 0.121. The largest absolute Gasteiger partial charge is 0.490 e. The van der Waals surface area contributed by atoms with Crippen molar-refractivity contribution in [3.05, 3.63) is 64.2 Å². The van der Waals surface area contributed by atoms with Crippen molar-refractivity contribution in [1.82, 2.24) is 4.90 Å². The predicted octanol–water partition coefficient (Wildman–Crippen LogP) is 4.56. The van der Waals surface area contributed by atoms with E-state index in [1.807, 2.05) is 35.2 Å². The molecule has 1 heterocycles. The molecule has 1 aliphatic heterocycles. The van der Waals surface area contributed by atoms with E-state index < -0.39 is 0 Å². The molecule has 2 aromatic carbocycles. The van der Waals surface area contributed by atoms with Crippen LogP contribution in [-0.4, -0.2) is 23.0 Å². The minimum Gasteiger partial charge on any atom is -0.490 e. The van der Waals surface area contributed by atoms with Crippen LogP contribution in [0.2, 0.25) is 5.02 Å². The quantitative estimate of drug-likeness (QED) is 0.800. The monoisotopic (exact) mass is 366 g/mol. The lowest BCUT2D eigenvalue weighted by Crippen LogP contribution is -2.40. The second-order valence-electron chi connectivity index (χ2n) is 6.89. The maximum absolute atomic E-state index is 12.6. The molecule has 0 radical (unpaired) electrons. The first-order valence-electron chi connectivity index (χ1n) is 8.91. The van der Waals surface area contributed by atoms with Gasteiger partial charge >= 0.3 is 0 Å². The van der Waals surface area contributed by atoms with E-state index in [0.717, 1.165) is 43.4 Å². The highest BCUT2D eigenvalue weighted by Crippen LogP contribution is 2.33. The van der Waals surface area contributed by atoms with Crippen LogP contribution in [0.15, 0.2) is 42.5 Å². The van der Waals surface area contributed by atoms with Crippen LogP contribution in [-0.2, 0) is 6.54 Å². The van der Waals surface area contributed by atoms with E-state index in [2.05, 4.69) is 0 Å². The summed E-state index contributed by atoms with van der Waals surface area (Å²) < 4.78 is 6.04. The number of hydrogen-bond donors (Lipinski definition) is 0. The van der Waals surface area contributed by atoms with Crippen LogP contribution >= 0.6 is 11.6 Å². The molecule has 132 valence electrons. The van der Waals surface area contributed by atoms with Crippen molar-refractivity contribution >= 4 is 17.5 Å². The SMILES string of the molecule is N#Cc1ccc(OC2CCC(N3Cc4ccccc4C3=O)CC2)cc1Cl. The summed E-state index contributed by atoms with van der Waals surface area (Å²) in [6.07, 6.45) is 3.81. The Kier molecular flexibility index (Phi) is 4.57.